The van der Waals surface area contributed by atoms with Crippen LogP contribution in [0.25, 0.3) is 11.0 Å². The number of sulfonamides is 1. The number of rotatable bonds is 6. The minimum Gasteiger partial charge on any atom is -0.423 e. The Morgan fingerprint density at radius 3 is 2.58 bits per heavy atom. The maximum absolute atomic E-state index is 12.3. The van der Waals surface area contributed by atoms with E-state index in [1.807, 2.05) is 30.3 Å². The van der Waals surface area contributed by atoms with E-state index >= 15 is 0 Å². The average molecular weight is 361 g/mol. The molecule has 0 aliphatic heterocycles. The summed E-state index contributed by atoms with van der Waals surface area (Å²) in [5.74, 6) is 0.631. The van der Waals surface area contributed by atoms with Crippen LogP contribution in [0.5, 0.6) is 0 Å². The minimum atomic E-state index is -3.60. The summed E-state index contributed by atoms with van der Waals surface area (Å²) in [6.07, 6.45) is 0. The molecule has 0 fully saturated rings. The van der Waals surface area contributed by atoms with Crippen LogP contribution in [0, 0.1) is 0 Å². The molecule has 0 unspecified atom stereocenters. The molecule has 5 nitrogen and oxygen atoms in total. The van der Waals surface area contributed by atoms with Crippen molar-refractivity contribution in [3.8, 4) is 0 Å². The quantitative estimate of drug-likeness (QED) is 0.415. The van der Waals surface area contributed by atoms with Gasteiger partial charge in [-0.2, -0.15) is 0 Å². The van der Waals surface area contributed by atoms with E-state index in [0.717, 1.165) is 4.90 Å². The van der Waals surface area contributed by atoms with Crippen molar-refractivity contribution in [2.45, 2.75) is 9.79 Å². The van der Waals surface area contributed by atoms with E-state index in [0.29, 0.717) is 23.3 Å². The van der Waals surface area contributed by atoms with E-state index in [1.165, 1.54) is 24.3 Å². The largest absolute Gasteiger partial charge is 0.423 e. The van der Waals surface area contributed by atoms with Crippen molar-refractivity contribution in [2.75, 3.05) is 12.3 Å². The van der Waals surface area contributed by atoms with Gasteiger partial charge in [-0.1, -0.05) is 18.2 Å². The van der Waals surface area contributed by atoms with Gasteiger partial charge in [0.25, 0.3) is 0 Å². The lowest BCUT2D eigenvalue weighted by Crippen LogP contribution is -2.26. The first-order valence-corrected chi connectivity index (χ1v) is 9.73. The molecule has 0 atom stereocenters. The maximum Gasteiger partial charge on any atom is 0.336 e. The Kier molecular flexibility index (Phi) is 5.03. The molecule has 7 heteroatoms. The number of hydrogen-bond acceptors (Lipinski definition) is 5. The average Bonchev–Trinajstić information content (AvgIpc) is 2.59. The zero-order valence-corrected chi connectivity index (χ0v) is 14.3. The molecule has 3 rings (SSSR count). The van der Waals surface area contributed by atoms with Gasteiger partial charge in [-0.3, -0.25) is 0 Å². The van der Waals surface area contributed by atoms with Crippen molar-refractivity contribution in [1.82, 2.24) is 4.72 Å². The summed E-state index contributed by atoms with van der Waals surface area (Å²) >= 11 is 1.58. The molecule has 0 aliphatic carbocycles. The van der Waals surface area contributed by atoms with Crippen LogP contribution in [0.2, 0.25) is 0 Å². The van der Waals surface area contributed by atoms with Gasteiger partial charge >= 0.3 is 5.63 Å². The highest BCUT2D eigenvalue weighted by Gasteiger charge is 2.14. The predicted octanol–water partition coefficient (Wildman–Crippen LogP) is 2.86. The van der Waals surface area contributed by atoms with E-state index < -0.39 is 15.6 Å². The van der Waals surface area contributed by atoms with E-state index in [4.69, 9.17) is 4.42 Å². The molecular formula is C17H15NO4S2. The van der Waals surface area contributed by atoms with Crippen molar-refractivity contribution in [1.29, 1.82) is 0 Å². The molecule has 0 saturated heterocycles. The van der Waals surface area contributed by atoms with Gasteiger partial charge < -0.3 is 4.42 Å². The zero-order chi connectivity index (χ0) is 17.0. The molecule has 1 aromatic heterocycles. The smallest absolute Gasteiger partial charge is 0.336 e. The lowest BCUT2D eigenvalue weighted by molar-refractivity contribution is 0.560. The third-order valence-corrected chi connectivity index (χ3v) is 5.78. The second kappa shape index (κ2) is 7.21. The van der Waals surface area contributed by atoms with Crippen molar-refractivity contribution in [3.63, 3.8) is 0 Å². The van der Waals surface area contributed by atoms with Crippen molar-refractivity contribution < 1.29 is 12.8 Å². The molecule has 124 valence electrons. The van der Waals surface area contributed by atoms with E-state index in [1.54, 1.807) is 17.8 Å². The van der Waals surface area contributed by atoms with Crippen LogP contribution in [0.4, 0.5) is 0 Å². The van der Waals surface area contributed by atoms with Crippen LogP contribution in [-0.4, -0.2) is 20.7 Å². The summed E-state index contributed by atoms with van der Waals surface area (Å²) in [5, 5.41) is 0.566. The van der Waals surface area contributed by atoms with Crippen molar-refractivity contribution in [2.24, 2.45) is 0 Å². The highest BCUT2D eigenvalue weighted by molar-refractivity contribution is 7.99. The molecule has 0 spiro atoms. The molecule has 0 radical (unpaired) electrons. The first-order valence-electron chi connectivity index (χ1n) is 7.26. The Balaban J connectivity index is 1.66. The number of nitrogens with one attached hydrogen (secondary N) is 1. The Morgan fingerprint density at radius 1 is 1.00 bits per heavy atom. The van der Waals surface area contributed by atoms with Crippen LogP contribution in [0.15, 0.2) is 79.7 Å². The van der Waals surface area contributed by atoms with Crippen molar-refractivity contribution in [3.05, 3.63) is 71.1 Å². The van der Waals surface area contributed by atoms with Gasteiger partial charge in [-0.25, -0.2) is 17.9 Å². The normalized spacial score (nSPS) is 11.7. The minimum absolute atomic E-state index is 0.147. The van der Waals surface area contributed by atoms with E-state index in [9.17, 15) is 13.2 Å². The number of thioether (sulfide) groups is 1. The molecule has 24 heavy (non-hydrogen) atoms. The number of benzene rings is 2. The van der Waals surface area contributed by atoms with Crippen LogP contribution in [0.3, 0.4) is 0 Å². The van der Waals surface area contributed by atoms with Crippen LogP contribution in [0.1, 0.15) is 0 Å². The Bertz CT molecular complexity index is 998. The monoisotopic (exact) mass is 361 g/mol. The third-order valence-electron chi connectivity index (χ3n) is 3.31. The van der Waals surface area contributed by atoms with Gasteiger partial charge in [0.15, 0.2) is 0 Å². The highest BCUT2D eigenvalue weighted by Crippen LogP contribution is 2.19. The molecule has 1 N–H and O–H groups in total. The third kappa shape index (κ3) is 4.05. The van der Waals surface area contributed by atoms with E-state index in [-0.39, 0.29) is 4.90 Å². The van der Waals surface area contributed by atoms with Crippen LogP contribution in [-0.2, 0) is 10.0 Å². The van der Waals surface area contributed by atoms with Gasteiger partial charge in [0.1, 0.15) is 5.58 Å². The first kappa shape index (κ1) is 16.8. The standard InChI is InChI=1S/C17H15NO4S2/c19-17-9-6-13-12-15(7-8-16(13)22-17)24(20,21)18-10-11-23-14-4-2-1-3-5-14/h1-9,12,18H,10-11H2. The molecule has 0 amide bonds. The molecule has 1 heterocycles. The Morgan fingerprint density at radius 2 is 1.79 bits per heavy atom. The maximum atomic E-state index is 12.3. The van der Waals surface area contributed by atoms with Gasteiger partial charge in [0.05, 0.1) is 4.90 Å². The van der Waals surface area contributed by atoms with E-state index in [2.05, 4.69) is 4.72 Å². The molecular weight excluding hydrogens is 346 g/mol. The van der Waals surface area contributed by atoms with Crippen molar-refractivity contribution >= 4 is 32.8 Å². The van der Waals surface area contributed by atoms with Crippen LogP contribution < -0.4 is 10.3 Å². The van der Waals surface area contributed by atoms with Gasteiger partial charge in [0.2, 0.25) is 10.0 Å². The highest BCUT2D eigenvalue weighted by atomic mass is 32.2. The van der Waals surface area contributed by atoms with Crippen LogP contribution >= 0.6 is 11.8 Å². The number of fused-ring (bicyclic) bond motifs is 1. The molecule has 0 bridgehead atoms. The summed E-state index contributed by atoms with van der Waals surface area (Å²) in [4.78, 5) is 12.4. The molecule has 3 aromatic rings. The summed E-state index contributed by atoms with van der Waals surface area (Å²) in [5.41, 5.74) is -0.102. The molecule has 0 saturated carbocycles. The van der Waals surface area contributed by atoms with Gasteiger partial charge in [-0.15, -0.1) is 11.8 Å². The summed E-state index contributed by atoms with van der Waals surface area (Å²) in [7, 11) is -3.60. The lowest BCUT2D eigenvalue weighted by atomic mass is 10.2. The summed E-state index contributed by atoms with van der Waals surface area (Å²) < 4.78 is 32.3. The predicted molar refractivity (Wildman–Crippen MR) is 94.8 cm³/mol. The summed E-state index contributed by atoms with van der Waals surface area (Å²) in [6, 6.07) is 17.0. The Labute approximate surface area is 143 Å². The fourth-order valence-corrected chi connectivity index (χ4v) is 4.15. The fourth-order valence-electron chi connectivity index (χ4n) is 2.16. The zero-order valence-electron chi connectivity index (χ0n) is 12.6. The topological polar surface area (TPSA) is 76.4 Å². The van der Waals surface area contributed by atoms with Gasteiger partial charge in [-0.05, 0) is 36.4 Å². The van der Waals surface area contributed by atoms with Gasteiger partial charge in [0, 0.05) is 28.6 Å². The molecule has 0 aliphatic rings. The first-order chi connectivity index (χ1) is 11.5. The summed E-state index contributed by atoms with van der Waals surface area (Å²) in [6.45, 7) is 0.323. The second-order valence-corrected chi connectivity index (χ2v) is 7.95. The number of hydrogen-bond donors (Lipinski definition) is 1. The fraction of sp³-hybridized carbons (Fsp3) is 0.118. The lowest BCUT2D eigenvalue weighted by Gasteiger charge is -2.07. The SMILES string of the molecule is O=c1ccc2cc(S(=O)(=O)NCCSc3ccccc3)ccc2o1. The Hall–Kier alpha value is -2.09. The molecule has 2 aromatic carbocycles. The second-order valence-electron chi connectivity index (χ2n) is 5.01.